The summed E-state index contributed by atoms with van der Waals surface area (Å²) in [7, 11) is 0. The molecule has 0 bridgehead atoms. The zero-order valence-electron chi connectivity index (χ0n) is 17.5. The Bertz CT molecular complexity index is 1130. The van der Waals surface area contributed by atoms with Crippen LogP contribution in [0.1, 0.15) is 41.4 Å². The molecule has 0 N–H and O–H groups in total. The van der Waals surface area contributed by atoms with Crippen LogP contribution in [0.5, 0.6) is 0 Å². The van der Waals surface area contributed by atoms with Crippen LogP contribution < -0.4 is 20.4 Å². The lowest BCUT2D eigenvalue weighted by molar-refractivity contribution is -0.259. The summed E-state index contributed by atoms with van der Waals surface area (Å²) in [6.07, 6.45) is 0. The predicted octanol–water partition coefficient (Wildman–Crippen LogP) is -0.333. The monoisotopic (exact) mass is 456 g/mol. The molecule has 172 valence electrons. The van der Waals surface area contributed by atoms with Gasteiger partial charge in [0.05, 0.1) is 23.9 Å². The molecule has 0 aromatic heterocycles. The van der Waals surface area contributed by atoms with Crippen molar-refractivity contribution in [2.45, 2.75) is 0 Å². The number of carboxylic acid groups (broad SMARTS) is 4. The van der Waals surface area contributed by atoms with E-state index in [0.717, 1.165) is 24.3 Å². The van der Waals surface area contributed by atoms with Crippen LogP contribution in [0.25, 0.3) is 10.8 Å². The Balaban J connectivity index is 0.000000181. The molecule has 0 aliphatic rings. The summed E-state index contributed by atoms with van der Waals surface area (Å²) in [6.45, 7) is 0. The molecule has 4 aromatic rings. The molecule has 8 heteroatoms. The van der Waals surface area contributed by atoms with Crippen molar-refractivity contribution >= 4 is 34.6 Å². The highest BCUT2D eigenvalue weighted by Gasteiger charge is 2.02. The fraction of sp³-hybridized carbons (Fsp3) is 0. The van der Waals surface area contributed by atoms with Gasteiger partial charge < -0.3 is 39.6 Å². The summed E-state index contributed by atoms with van der Waals surface area (Å²) in [4.78, 5) is 41.3. The van der Waals surface area contributed by atoms with Crippen LogP contribution in [0.4, 0.5) is 0 Å². The quantitative estimate of drug-likeness (QED) is 0.403. The minimum atomic E-state index is -1.52. The molecule has 0 fully saturated rings. The van der Waals surface area contributed by atoms with Crippen molar-refractivity contribution in [1.82, 2.24) is 0 Å². The van der Waals surface area contributed by atoms with E-state index >= 15 is 0 Å². The third kappa shape index (κ3) is 7.03. The van der Waals surface area contributed by atoms with Gasteiger partial charge in [-0.3, -0.25) is 0 Å². The zero-order valence-corrected chi connectivity index (χ0v) is 17.5. The van der Waals surface area contributed by atoms with Crippen molar-refractivity contribution in [3.63, 3.8) is 0 Å². The number of carboxylic acids is 4. The maximum absolute atomic E-state index is 10.3. The van der Waals surface area contributed by atoms with Crippen molar-refractivity contribution < 1.29 is 39.6 Å². The molecule has 0 spiro atoms. The molecule has 0 unspecified atom stereocenters. The van der Waals surface area contributed by atoms with E-state index in [-0.39, 0.29) is 22.3 Å². The molecular formula is C26H16O8-4. The number of hydrogen-bond acceptors (Lipinski definition) is 8. The van der Waals surface area contributed by atoms with Crippen molar-refractivity contribution in [2.24, 2.45) is 0 Å². The number of rotatable bonds is 4. The van der Waals surface area contributed by atoms with Gasteiger partial charge in [0.1, 0.15) is 0 Å². The van der Waals surface area contributed by atoms with Crippen LogP contribution in [0.2, 0.25) is 0 Å². The Labute approximate surface area is 194 Å². The fourth-order valence-electron chi connectivity index (χ4n) is 2.81. The van der Waals surface area contributed by atoms with E-state index in [4.69, 9.17) is 0 Å². The first-order valence-electron chi connectivity index (χ1n) is 9.69. The molecule has 4 aromatic carbocycles. The minimum Gasteiger partial charge on any atom is -0.545 e. The third-order valence-corrected chi connectivity index (χ3v) is 4.39. The Hall–Kier alpha value is -4.98. The van der Waals surface area contributed by atoms with E-state index in [1.165, 1.54) is 35.0 Å². The normalized spacial score (nSPS) is 9.53. The molecule has 0 radical (unpaired) electrons. The van der Waals surface area contributed by atoms with Gasteiger partial charge >= 0.3 is 0 Å². The van der Waals surface area contributed by atoms with Crippen molar-refractivity contribution in [2.75, 3.05) is 0 Å². The molecule has 0 aliphatic heterocycles. The van der Waals surface area contributed by atoms with E-state index in [1.807, 2.05) is 0 Å². The lowest BCUT2D eigenvalue weighted by Crippen LogP contribution is -2.29. The minimum absolute atomic E-state index is 0.363. The summed E-state index contributed by atoms with van der Waals surface area (Å²) in [5.74, 6) is -6.07. The highest BCUT2D eigenvalue weighted by atomic mass is 16.4. The highest BCUT2D eigenvalue weighted by molar-refractivity contribution is 6.00. The standard InChI is InChI=1S/C10H8.2C8H6O4/c1-2-6-10-8-4-3-7-9(10)5-1;2*9-7(10)5-3-1-2-4-6(5)8(11)12/h1-8H;2*1-4H,(H,9,10)(H,11,12)/p-4. The summed E-state index contributed by atoms with van der Waals surface area (Å²) >= 11 is 0. The topological polar surface area (TPSA) is 161 Å². The second-order valence-corrected chi connectivity index (χ2v) is 6.59. The second-order valence-electron chi connectivity index (χ2n) is 6.59. The number of hydrogen-bond donors (Lipinski definition) is 0. The molecule has 0 aliphatic carbocycles. The highest BCUT2D eigenvalue weighted by Crippen LogP contribution is 2.11. The Morgan fingerprint density at radius 2 is 0.529 bits per heavy atom. The van der Waals surface area contributed by atoms with Gasteiger partial charge in [-0.05, 0) is 10.8 Å². The maximum Gasteiger partial charge on any atom is 0.0721 e. The van der Waals surface area contributed by atoms with E-state index in [1.54, 1.807) is 0 Å². The smallest absolute Gasteiger partial charge is 0.0721 e. The summed E-state index contributed by atoms with van der Waals surface area (Å²) in [5, 5.41) is 43.9. The number of benzene rings is 4. The average Bonchev–Trinajstić information content (AvgIpc) is 2.84. The zero-order chi connectivity index (χ0) is 25.1. The molecule has 0 amide bonds. The van der Waals surface area contributed by atoms with E-state index in [2.05, 4.69) is 48.5 Å². The van der Waals surface area contributed by atoms with Crippen LogP contribution in [-0.4, -0.2) is 23.9 Å². The molecule has 0 saturated carbocycles. The molecular weight excluding hydrogens is 440 g/mol. The second kappa shape index (κ2) is 12.2. The van der Waals surface area contributed by atoms with Gasteiger partial charge in [-0.25, -0.2) is 0 Å². The van der Waals surface area contributed by atoms with Crippen molar-refractivity contribution in [3.8, 4) is 0 Å². The van der Waals surface area contributed by atoms with Gasteiger partial charge in [-0.15, -0.1) is 0 Å². The molecule has 8 nitrogen and oxygen atoms in total. The molecule has 0 heterocycles. The van der Waals surface area contributed by atoms with Gasteiger partial charge in [0, 0.05) is 22.3 Å². The third-order valence-electron chi connectivity index (χ3n) is 4.39. The first kappa shape index (κ1) is 25.3. The van der Waals surface area contributed by atoms with Crippen LogP contribution in [0.15, 0.2) is 97.1 Å². The average molecular weight is 456 g/mol. The lowest BCUT2D eigenvalue weighted by atomic mass is 10.1. The van der Waals surface area contributed by atoms with Gasteiger partial charge in [0.25, 0.3) is 0 Å². The number of fused-ring (bicyclic) bond motifs is 1. The molecule has 0 atom stereocenters. The summed E-state index contributed by atoms with van der Waals surface area (Å²) in [6, 6.07) is 27.0. The van der Waals surface area contributed by atoms with Crippen LogP contribution in [0.3, 0.4) is 0 Å². The van der Waals surface area contributed by atoms with Gasteiger partial charge in [0.15, 0.2) is 0 Å². The van der Waals surface area contributed by atoms with Crippen molar-refractivity contribution in [3.05, 3.63) is 119 Å². The summed E-state index contributed by atoms with van der Waals surface area (Å²) in [5.41, 5.74) is -1.45. The van der Waals surface area contributed by atoms with E-state index in [9.17, 15) is 39.6 Å². The molecule has 34 heavy (non-hydrogen) atoms. The van der Waals surface area contributed by atoms with Gasteiger partial charge in [-0.1, -0.05) is 97.1 Å². The van der Waals surface area contributed by atoms with E-state index < -0.39 is 23.9 Å². The predicted molar refractivity (Wildman–Crippen MR) is 114 cm³/mol. The van der Waals surface area contributed by atoms with Crippen LogP contribution >= 0.6 is 0 Å². The van der Waals surface area contributed by atoms with Crippen molar-refractivity contribution in [1.29, 1.82) is 0 Å². The van der Waals surface area contributed by atoms with E-state index in [0.29, 0.717) is 0 Å². The first-order chi connectivity index (χ1) is 16.2. The number of carbonyl (C=O) groups is 4. The maximum atomic E-state index is 10.3. The Kier molecular flexibility index (Phi) is 9.04. The van der Waals surface area contributed by atoms with Gasteiger partial charge in [-0.2, -0.15) is 0 Å². The number of aromatic carboxylic acids is 4. The number of carbonyl (C=O) groups excluding carboxylic acids is 4. The molecule has 0 saturated heterocycles. The SMILES string of the molecule is O=C([O-])c1ccccc1C(=O)[O-].O=C([O-])c1ccccc1C(=O)[O-].c1ccc2ccccc2c1. The largest absolute Gasteiger partial charge is 0.545 e. The Morgan fingerprint density at radius 3 is 0.706 bits per heavy atom. The van der Waals surface area contributed by atoms with Crippen LogP contribution in [-0.2, 0) is 0 Å². The van der Waals surface area contributed by atoms with Gasteiger partial charge in [0.2, 0.25) is 0 Å². The first-order valence-corrected chi connectivity index (χ1v) is 9.69. The Morgan fingerprint density at radius 1 is 0.353 bits per heavy atom. The molecule has 4 rings (SSSR count). The fourth-order valence-corrected chi connectivity index (χ4v) is 2.81. The van der Waals surface area contributed by atoms with Crippen LogP contribution in [0, 0.1) is 0 Å². The lowest BCUT2D eigenvalue weighted by Gasteiger charge is -2.09. The summed E-state index contributed by atoms with van der Waals surface area (Å²) < 4.78 is 0.